The highest BCUT2D eigenvalue weighted by molar-refractivity contribution is 5.67. The third kappa shape index (κ3) is 4.33. The summed E-state index contributed by atoms with van der Waals surface area (Å²) in [6, 6.07) is 4.44. The molecule has 0 fully saturated rings. The van der Waals surface area contributed by atoms with Gasteiger partial charge in [0.25, 0.3) is 0 Å². The second-order valence-corrected chi connectivity index (χ2v) is 4.89. The zero-order valence-corrected chi connectivity index (χ0v) is 10.8. The molecule has 0 unspecified atom stereocenters. The van der Waals surface area contributed by atoms with Crippen molar-refractivity contribution in [2.45, 2.75) is 39.5 Å². The van der Waals surface area contributed by atoms with Crippen LogP contribution in [-0.2, 0) is 17.9 Å². The summed E-state index contributed by atoms with van der Waals surface area (Å²) in [5.41, 5.74) is 0.142. The van der Waals surface area contributed by atoms with Crippen molar-refractivity contribution in [3.63, 3.8) is 0 Å². The second kappa shape index (κ2) is 5.82. The summed E-state index contributed by atoms with van der Waals surface area (Å²) < 4.78 is 18.4. The monoisotopic (exact) mass is 255 g/mol. The zero-order valence-electron chi connectivity index (χ0n) is 10.8. The number of ether oxygens (including phenoxy) is 1. The summed E-state index contributed by atoms with van der Waals surface area (Å²) in [6.07, 6.45) is -0.573. The van der Waals surface area contributed by atoms with Gasteiger partial charge in [-0.25, -0.2) is 9.18 Å². The highest BCUT2D eigenvalue weighted by Crippen LogP contribution is 2.14. The minimum Gasteiger partial charge on any atom is -0.444 e. The molecule has 0 saturated heterocycles. The Hall–Kier alpha value is -1.62. The molecule has 0 atom stereocenters. The number of hydrogen-bond donors (Lipinski definition) is 2. The number of rotatable bonds is 3. The molecule has 0 radical (unpaired) electrons. The molecule has 5 heteroatoms. The van der Waals surface area contributed by atoms with E-state index >= 15 is 0 Å². The molecular formula is C13H18FNO3. The number of carbonyl (C=O) groups is 1. The molecule has 1 aromatic carbocycles. The fourth-order valence-electron chi connectivity index (χ4n) is 1.43. The van der Waals surface area contributed by atoms with Crippen molar-refractivity contribution in [3.05, 3.63) is 35.1 Å². The van der Waals surface area contributed by atoms with Crippen molar-refractivity contribution in [1.82, 2.24) is 5.32 Å². The number of halogens is 1. The molecule has 0 bridgehead atoms. The van der Waals surface area contributed by atoms with Crippen molar-refractivity contribution in [2.75, 3.05) is 0 Å². The number of aliphatic hydroxyl groups is 1. The normalized spacial score (nSPS) is 11.2. The molecule has 0 aromatic heterocycles. The largest absolute Gasteiger partial charge is 0.444 e. The Balaban J connectivity index is 2.64. The maximum atomic E-state index is 13.3. The first-order chi connectivity index (χ1) is 8.33. The Morgan fingerprint density at radius 2 is 2.11 bits per heavy atom. The summed E-state index contributed by atoms with van der Waals surface area (Å²) in [7, 11) is 0. The lowest BCUT2D eigenvalue weighted by Crippen LogP contribution is -2.32. The SMILES string of the molecule is CC(C)(C)OC(=O)NCc1cccc(F)c1CO. The lowest BCUT2D eigenvalue weighted by molar-refractivity contribution is 0.0523. The van der Waals surface area contributed by atoms with Gasteiger partial charge >= 0.3 is 6.09 Å². The molecule has 0 aliphatic carbocycles. The molecular weight excluding hydrogens is 237 g/mol. The highest BCUT2D eigenvalue weighted by Gasteiger charge is 2.16. The van der Waals surface area contributed by atoms with Crippen LogP contribution in [0.2, 0.25) is 0 Å². The first-order valence-corrected chi connectivity index (χ1v) is 5.67. The fourth-order valence-corrected chi connectivity index (χ4v) is 1.43. The van der Waals surface area contributed by atoms with Crippen LogP contribution in [0.1, 0.15) is 31.9 Å². The van der Waals surface area contributed by atoms with Crippen LogP contribution in [0.5, 0.6) is 0 Å². The Labute approximate surface area is 106 Å². The van der Waals surface area contributed by atoms with E-state index in [2.05, 4.69) is 5.32 Å². The van der Waals surface area contributed by atoms with Crippen LogP contribution in [-0.4, -0.2) is 16.8 Å². The van der Waals surface area contributed by atoms with Crippen LogP contribution >= 0.6 is 0 Å². The van der Waals surface area contributed by atoms with Crippen molar-refractivity contribution >= 4 is 6.09 Å². The Bertz CT molecular complexity index is 427. The number of carbonyl (C=O) groups excluding carboxylic acids is 1. The number of aliphatic hydroxyl groups excluding tert-OH is 1. The minimum atomic E-state index is -0.578. The van der Waals surface area contributed by atoms with E-state index in [1.807, 2.05) is 0 Å². The molecule has 0 spiro atoms. The molecule has 18 heavy (non-hydrogen) atoms. The van der Waals surface area contributed by atoms with Crippen LogP contribution in [0.3, 0.4) is 0 Å². The summed E-state index contributed by atoms with van der Waals surface area (Å²) in [6.45, 7) is 4.98. The number of alkyl carbamates (subject to hydrolysis) is 1. The van der Waals surface area contributed by atoms with E-state index in [0.29, 0.717) is 5.56 Å². The number of nitrogens with one attached hydrogen (secondary N) is 1. The lowest BCUT2D eigenvalue weighted by Gasteiger charge is -2.20. The molecule has 1 amide bonds. The molecule has 0 aliphatic heterocycles. The van der Waals surface area contributed by atoms with Crippen molar-refractivity contribution in [3.8, 4) is 0 Å². The van der Waals surface area contributed by atoms with Gasteiger partial charge in [-0.3, -0.25) is 0 Å². The van der Waals surface area contributed by atoms with E-state index in [9.17, 15) is 9.18 Å². The topological polar surface area (TPSA) is 58.6 Å². The van der Waals surface area contributed by atoms with E-state index in [4.69, 9.17) is 9.84 Å². The van der Waals surface area contributed by atoms with E-state index < -0.39 is 24.1 Å². The fraction of sp³-hybridized carbons (Fsp3) is 0.462. The van der Waals surface area contributed by atoms with Crippen molar-refractivity contribution in [1.29, 1.82) is 0 Å². The van der Waals surface area contributed by atoms with Gasteiger partial charge in [-0.15, -0.1) is 0 Å². The zero-order chi connectivity index (χ0) is 13.8. The van der Waals surface area contributed by atoms with Gasteiger partial charge in [-0.1, -0.05) is 12.1 Å². The highest BCUT2D eigenvalue weighted by atomic mass is 19.1. The van der Waals surface area contributed by atoms with E-state index in [1.54, 1.807) is 26.8 Å². The van der Waals surface area contributed by atoms with Gasteiger partial charge in [0, 0.05) is 12.1 Å². The molecule has 4 nitrogen and oxygen atoms in total. The number of amides is 1. The van der Waals surface area contributed by atoms with Gasteiger partial charge in [0.05, 0.1) is 6.61 Å². The van der Waals surface area contributed by atoms with Gasteiger partial charge in [-0.05, 0) is 32.4 Å². The standard InChI is InChI=1S/C13H18FNO3/c1-13(2,3)18-12(17)15-7-9-5-4-6-11(14)10(9)8-16/h4-6,16H,7-8H2,1-3H3,(H,15,17). The molecule has 100 valence electrons. The van der Waals surface area contributed by atoms with Crippen LogP contribution in [0.15, 0.2) is 18.2 Å². The van der Waals surface area contributed by atoms with Crippen LogP contribution in [0.25, 0.3) is 0 Å². The molecule has 2 N–H and O–H groups in total. The van der Waals surface area contributed by atoms with Crippen LogP contribution in [0.4, 0.5) is 9.18 Å². The summed E-state index contributed by atoms with van der Waals surface area (Å²) in [5, 5.41) is 11.6. The van der Waals surface area contributed by atoms with Gasteiger partial charge in [0.1, 0.15) is 11.4 Å². The molecule has 0 aliphatic rings. The second-order valence-electron chi connectivity index (χ2n) is 4.89. The van der Waals surface area contributed by atoms with Crippen LogP contribution < -0.4 is 5.32 Å². The molecule has 1 aromatic rings. The Morgan fingerprint density at radius 3 is 2.67 bits per heavy atom. The predicted octanol–water partition coefficient (Wildman–Crippen LogP) is 2.34. The van der Waals surface area contributed by atoms with Gasteiger partial charge < -0.3 is 15.2 Å². The smallest absolute Gasteiger partial charge is 0.407 e. The van der Waals surface area contributed by atoms with E-state index in [1.165, 1.54) is 12.1 Å². The molecule has 0 saturated carbocycles. The maximum absolute atomic E-state index is 13.3. The van der Waals surface area contributed by atoms with Crippen molar-refractivity contribution in [2.24, 2.45) is 0 Å². The van der Waals surface area contributed by atoms with Crippen molar-refractivity contribution < 1.29 is 19.0 Å². The average Bonchev–Trinajstić information content (AvgIpc) is 2.24. The van der Waals surface area contributed by atoms with E-state index in [0.717, 1.165) is 0 Å². The first-order valence-electron chi connectivity index (χ1n) is 5.67. The maximum Gasteiger partial charge on any atom is 0.407 e. The minimum absolute atomic E-state index is 0.114. The number of hydrogen-bond acceptors (Lipinski definition) is 3. The average molecular weight is 255 g/mol. The molecule has 1 rings (SSSR count). The number of benzene rings is 1. The van der Waals surface area contributed by atoms with E-state index in [-0.39, 0.29) is 12.1 Å². The predicted molar refractivity (Wildman–Crippen MR) is 65.4 cm³/mol. The Morgan fingerprint density at radius 1 is 1.44 bits per heavy atom. The molecule has 0 heterocycles. The lowest BCUT2D eigenvalue weighted by atomic mass is 10.1. The third-order valence-electron chi connectivity index (χ3n) is 2.20. The first kappa shape index (κ1) is 14.4. The summed E-state index contributed by atoms with van der Waals surface area (Å²) in [5.74, 6) is -0.485. The van der Waals surface area contributed by atoms with Gasteiger partial charge in [0.15, 0.2) is 0 Å². The third-order valence-corrected chi connectivity index (χ3v) is 2.20. The van der Waals surface area contributed by atoms with Gasteiger partial charge in [-0.2, -0.15) is 0 Å². The quantitative estimate of drug-likeness (QED) is 0.871. The Kier molecular flexibility index (Phi) is 4.67. The van der Waals surface area contributed by atoms with Crippen LogP contribution in [0, 0.1) is 5.82 Å². The van der Waals surface area contributed by atoms with Gasteiger partial charge in [0.2, 0.25) is 0 Å². The summed E-state index contributed by atoms with van der Waals surface area (Å²) in [4.78, 5) is 11.4. The summed E-state index contributed by atoms with van der Waals surface area (Å²) >= 11 is 0.